The molecule has 1 unspecified atom stereocenters. The zero-order valence-electron chi connectivity index (χ0n) is 18.5. The number of carboxylic acids is 2. The topological polar surface area (TPSA) is 102 Å². The van der Waals surface area contributed by atoms with Crippen LogP contribution in [-0.2, 0) is 29.6 Å². The molecule has 2 fully saturated rings. The number of carboxylic acid groups (broad SMARTS) is 2. The van der Waals surface area contributed by atoms with Crippen molar-refractivity contribution in [3.63, 3.8) is 0 Å². The van der Waals surface area contributed by atoms with E-state index in [1.165, 1.54) is 18.4 Å². The van der Waals surface area contributed by atoms with Crippen LogP contribution in [-0.4, -0.2) is 65.0 Å². The molecule has 8 heteroatoms. The summed E-state index contributed by atoms with van der Waals surface area (Å²) in [5.41, 5.74) is 1.03. The van der Waals surface area contributed by atoms with Crippen molar-refractivity contribution >= 4 is 23.7 Å². The van der Waals surface area contributed by atoms with Gasteiger partial charge in [0.2, 0.25) is 0 Å². The molecular formula is C24H34O7S. The lowest BCUT2D eigenvalue weighted by molar-refractivity contribution is -0.166. The van der Waals surface area contributed by atoms with E-state index in [2.05, 4.69) is 24.3 Å². The average Bonchev–Trinajstić information content (AvgIpc) is 2.79. The van der Waals surface area contributed by atoms with Crippen molar-refractivity contribution in [1.82, 2.24) is 0 Å². The molecule has 178 valence electrons. The van der Waals surface area contributed by atoms with Gasteiger partial charge in [0.25, 0.3) is 0 Å². The predicted molar refractivity (Wildman–Crippen MR) is 122 cm³/mol. The second kappa shape index (κ2) is 12.0. The summed E-state index contributed by atoms with van der Waals surface area (Å²) < 4.78 is 17.3. The Morgan fingerprint density at radius 3 is 2.16 bits per heavy atom. The molecule has 0 saturated heterocycles. The van der Waals surface area contributed by atoms with Crippen LogP contribution < -0.4 is 0 Å². The Balaban J connectivity index is 1.69. The van der Waals surface area contributed by atoms with Gasteiger partial charge in [-0.2, -0.15) is 0 Å². The normalized spacial score (nSPS) is 26.2. The largest absolute Gasteiger partial charge is 0.480 e. The summed E-state index contributed by atoms with van der Waals surface area (Å²) >= 11 is 2.00. The number of hydrogen-bond acceptors (Lipinski definition) is 6. The number of fused-ring (bicyclic) bond motifs is 1. The highest BCUT2D eigenvalue weighted by Crippen LogP contribution is 2.57. The molecule has 0 aromatic heterocycles. The number of aliphatic carboxylic acids is 2. The van der Waals surface area contributed by atoms with Gasteiger partial charge in [0.1, 0.15) is 19.3 Å². The Morgan fingerprint density at radius 2 is 1.53 bits per heavy atom. The van der Waals surface area contributed by atoms with Crippen molar-refractivity contribution in [2.45, 2.75) is 73.6 Å². The monoisotopic (exact) mass is 466 g/mol. The lowest BCUT2D eigenvalue weighted by Gasteiger charge is -2.56. The van der Waals surface area contributed by atoms with Gasteiger partial charge in [0.05, 0.1) is 18.8 Å². The van der Waals surface area contributed by atoms with Crippen molar-refractivity contribution in [1.29, 1.82) is 0 Å². The molecule has 2 aliphatic carbocycles. The van der Waals surface area contributed by atoms with E-state index in [9.17, 15) is 9.59 Å². The molecule has 2 N–H and O–H groups in total. The maximum atomic E-state index is 11.0. The van der Waals surface area contributed by atoms with Crippen LogP contribution >= 0.6 is 11.8 Å². The van der Waals surface area contributed by atoms with Crippen LogP contribution in [0.25, 0.3) is 0 Å². The molecule has 2 saturated carbocycles. The first-order valence-corrected chi connectivity index (χ1v) is 12.4. The molecule has 0 amide bonds. The maximum absolute atomic E-state index is 11.0. The van der Waals surface area contributed by atoms with Gasteiger partial charge >= 0.3 is 11.9 Å². The van der Waals surface area contributed by atoms with Gasteiger partial charge in [0.15, 0.2) is 0 Å². The van der Waals surface area contributed by atoms with Crippen LogP contribution in [0, 0.1) is 0 Å². The van der Waals surface area contributed by atoms with Gasteiger partial charge in [-0.05, 0) is 31.2 Å². The van der Waals surface area contributed by atoms with Crippen LogP contribution in [0.1, 0.15) is 56.9 Å². The minimum atomic E-state index is -1.07. The fourth-order valence-corrected chi connectivity index (χ4v) is 6.75. The fourth-order valence-electron chi connectivity index (χ4n) is 5.01. The summed E-state index contributed by atoms with van der Waals surface area (Å²) in [5, 5.41) is 17.8. The predicted octanol–water partition coefficient (Wildman–Crippen LogP) is 4.13. The third kappa shape index (κ3) is 6.70. The van der Waals surface area contributed by atoms with Crippen molar-refractivity contribution < 1.29 is 34.0 Å². The zero-order chi connectivity index (χ0) is 22.9. The summed E-state index contributed by atoms with van der Waals surface area (Å²) in [5.74, 6) is -1.21. The lowest BCUT2D eigenvalue weighted by atomic mass is 9.66. The molecule has 2 aliphatic rings. The van der Waals surface area contributed by atoms with Gasteiger partial charge < -0.3 is 24.4 Å². The molecule has 7 nitrogen and oxygen atoms in total. The smallest absolute Gasteiger partial charge is 0.329 e. The van der Waals surface area contributed by atoms with E-state index >= 15 is 0 Å². The standard InChI is InChI=1S/C24H34O7S/c25-21(26)16-29-14-20(30-17-22(27)28)15-31-23-10-4-6-12-24(23,13-7-5-11-23)32-18-19-8-2-1-3-9-19/h1-3,8-9,20H,4-7,10-18H2,(H,25,26)(H,27,28). The van der Waals surface area contributed by atoms with Gasteiger partial charge in [0, 0.05) is 10.5 Å². The van der Waals surface area contributed by atoms with E-state index in [4.69, 9.17) is 24.4 Å². The van der Waals surface area contributed by atoms with E-state index in [0.29, 0.717) is 0 Å². The zero-order valence-corrected chi connectivity index (χ0v) is 19.3. The third-order valence-corrected chi connectivity index (χ3v) is 8.34. The van der Waals surface area contributed by atoms with Gasteiger partial charge in [-0.25, -0.2) is 9.59 Å². The number of rotatable bonds is 13. The highest BCUT2D eigenvalue weighted by Gasteiger charge is 2.55. The van der Waals surface area contributed by atoms with E-state index in [1.807, 2.05) is 17.8 Å². The van der Waals surface area contributed by atoms with Crippen molar-refractivity contribution in [2.75, 3.05) is 26.4 Å². The van der Waals surface area contributed by atoms with Gasteiger partial charge in [-0.15, -0.1) is 11.8 Å². The minimum Gasteiger partial charge on any atom is -0.480 e. The molecule has 0 heterocycles. The highest BCUT2D eigenvalue weighted by atomic mass is 32.2. The first-order chi connectivity index (χ1) is 15.4. The molecule has 1 aromatic carbocycles. The summed E-state index contributed by atoms with van der Waals surface area (Å²) in [6.07, 6.45) is 8.17. The molecule has 0 bridgehead atoms. The van der Waals surface area contributed by atoms with E-state index in [-0.39, 0.29) is 23.6 Å². The number of ether oxygens (including phenoxy) is 3. The van der Waals surface area contributed by atoms with E-state index < -0.39 is 31.3 Å². The van der Waals surface area contributed by atoms with E-state index in [0.717, 1.165) is 44.3 Å². The molecule has 0 spiro atoms. The summed E-state index contributed by atoms with van der Waals surface area (Å²) in [4.78, 5) is 21.8. The average molecular weight is 467 g/mol. The second-order valence-corrected chi connectivity index (χ2v) is 10.1. The van der Waals surface area contributed by atoms with Crippen LogP contribution in [0.5, 0.6) is 0 Å². The number of carbonyl (C=O) groups is 2. The van der Waals surface area contributed by atoms with Crippen LogP contribution in [0.3, 0.4) is 0 Å². The minimum absolute atomic E-state index is 0.0141. The van der Waals surface area contributed by atoms with Gasteiger partial charge in [-0.3, -0.25) is 0 Å². The molecular weight excluding hydrogens is 432 g/mol. The summed E-state index contributed by atoms with van der Waals surface area (Å²) in [7, 11) is 0. The van der Waals surface area contributed by atoms with Crippen molar-refractivity contribution in [3.05, 3.63) is 35.9 Å². The second-order valence-electron chi connectivity index (χ2n) is 8.72. The highest BCUT2D eigenvalue weighted by molar-refractivity contribution is 8.00. The number of benzene rings is 1. The third-order valence-electron chi connectivity index (χ3n) is 6.53. The summed E-state index contributed by atoms with van der Waals surface area (Å²) in [6, 6.07) is 10.5. The van der Waals surface area contributed by atoms with Crippen LogP contribution in [0.15, 0.2) is 30.3 Å². The molecule has 1 aromatic rings. The van der Waals surface area contributed by atoms with Crippen molar-refractivity contribution in [2.24, 2.45) is 0 Å². The molecule has 0 radical (unpaired) electrons. The van der Waals surface area contributed by atoms with Crippen LogP contribution in [0.4, 0.5) is 0 Å². The lowest BCUT2D eigenvalue weighted by Crippen LogP contribution is -2.58. The molecule has 32 heavy (non-hydrogen) atoms. The fraction of sp³-hybridized carbons (Fsp3) is 0.667. The SMILES string of the molecule is O=C(O)COCC(COC12CCCCC1(SCc1ccccc1)CCCC2)OCC(=O)O. The first kappa shape index (κ1) is 25.0. The Kier molecular flexibility index (Phi) is 9.40. The Hall–Kier alpha value is -1.61. The molecule has 3 rings (SSSR count). The summed E-state index contributed by atoms with van der Waals surface area (Å²) in [6.45, 7) is -0.735. The Bertz CT molecular complexity index is 727. The quantitative estimate of drug-likeness (QED) is 0.447. The number of hydrogen-bond donors (Lipinski definition) is 2. The number of thioether (sulfide) groups is 1. The van der Waals surface area contributed by atoms with Crippen LogP contribution in [0.2, 0.25) is 0 Å². The van der Waals surface area contributed by atoms with E-state index in [1.54, 1.807) is 0 Å². The first-order valence-electron chi connectivity index (χ1n) is 11.4. The molecule has 0 aliphatic heterocycles. The molecule has 1 atom stereocenters. The maximum Gasteiger partial charge on any atom is 0.329 e. The van der Waals surface area contributed by atoms with Gasteiger partial charge in [-0.1, -0.05) is 56.0 Å². The Labute approximate surface area is 193 Å². The van der Waals surface area contributed by atoms with Crippen molar-refractivity contribution in [3.8, 4) is 0 Å². The Morgan fingerprint density at radius 1 is 0.906 bits per heavy atom.